The van der Waals surface area contributed by atoms with Crippen molar-refractivity contribution in [2.45, 2.75) is 25.2 Å². The maximum Gasteiger partial charge on any atom is 0.573 e. The first-order valence-corrected chi connectivity index (χ1v) is 13.9. The summed E-state index contributed by atoms with van der Waals surface area (Å²) in [5, 5.41) is 5.33. The average molecular weight is 655 g/mol. The van der Waals surface area contributed by atoms with E-state index in [4.69, 9.17) is 4.74 Å². The van der Waals surface area contributed by atoms with Gasteiger partial charge in [0.25, 0.3) is 5.91 Å². The number of carbonyl (C=O) groups is 2. The molecule has 2 aliphatic rings. The van der Waals surface area contributed by atoms with Crippen LogP contribution in [0.15, 0.2) is 42.5 Å². The molecule has 1 amide bonds. The molecule has 1 saturated heterocycles. The van der Waals surface area contributed by atoms with Crippen LogP contribution in [0.3, 0.4) is 0 Å². The third-order valence-corrected chi connectivity index (χ3v) is 7.26. The number of fused-ring (bicyclic) bond motifs is 1. The molecule has 3 aromatic rings. The number of hydrogen-bond acceptors (Lipinski definition) is 11. The number of benzene rings is 2. The number of ether oxygens (including phenoxy) is 2. The molecule has 46 heavy (non-hydrogen) atoms. The van der Waals surface area contributed by atoms with Crippen molar-refractivity contribution in [3.8, 4) is 5.75 Å². The first-order valence-electron chi connectivity index (χ1n) is 13.9. The van der Waals surface area contributed by atoms with Gasteiger partial charge in [0.2, 0.25) is 17.8 Å². The molecule has 12 nitrogen and oxygen atoms in total. The van der Waals surface area contributed by atoms with Crippen molar-refractivity contribution < 1.29 is 45.4 Å². The van der Waals surface area contributed by atoms with E-state index in [1.807, 2.05) is 11.9 Å². The van der Waals surface area contributed by atoms with Crippen molar-refractivity contribution in [2.24, 2.45) is 0 Å². The van der Waals surface area contributed by atoms with E-state index in [0.717, 1.165) is 19.2 Å². The highest BCUT2D eigenvalue weighted by molar-refractivity contribution is 5.95. The Hall–Kier alpha value is -4.87. The van der Waals surface area contributed by atoms with Crippen LogP contribution in [-0.2, 0) is 16.1 Å². The third kappa shape index (κ3) is 7.49. The van der Waals surface area contributed by atoms with Gasteiger partial charge in [-0.25, -0.2) is 4.79 Å². The fraction of sp³-hybridized carbons (Fsp3) is 0.393. The fourth-order valence-electron chi connectivity index (χ4n) is 4.93. The second-order valence-corrected chi connectivity index (χ2v) is 10.4. The van der Waals surface area contributed by atoms with E-state index in [1.54, 1.807) is 7.05 Å². The number of piperazine rings is 1. The van der Waals surface area contributed by atoms with Gasteiger partial charge in [0.15, 0.2) is 0 Å². The zero-order chi connectivity index (χ0) is 33.2. The van der Waals surface area contributed by atoms with E-state index in [2.05, 4.69) is 35.2 Å². The molecular weight excluding hydrogens is 626 g/mol. The lowest BCUT2D eigenvalue weighted by Crippen LogP contribution is -2.45. The van der Waals surface area contributed by atoms with Gasteiger partial charge in [-0.05, 0) is 31.3 Å². The summed E-state index contributed by atoms with van der Waals surface area (Å²) < 4.78 is 86.9. The Morgan fingerprint density at radius 2 is 1.65 bits per heavy atom. The lowest BCUT2D eigenvalue weighted by atomic mass is 10.1. The number of carbonyl (C=O) groups excluding carboxylic acids is 2. The van der Waals surface area contributed by atoms with E-state index in [-0.39, 0.29) is 47.4 Å². The Kier molecular flexibility index (Phi) is 9.09. The number of amides is 1. The van der Waals surface area contributed by atoms with Gasteiger partial charge in [-0.3, -0.25) is 4.79 Å². The lowest BCUT2D eigenvalue weighted by molar-refractivity contribution is -0.274. The Labute approximate surface area is 258 Å². The number of halogens is 6. The van der Waals surface area contributed by atoms with Gasteiger partial charge in [-0.1, -0.05) is 18.2 Å². The van der Waals surface area contributed by atoms with Crippen LogP contribution in [0.25, 0.3) is 0 Å². The molecule has 0 bridgehead atoms. The van der Waals surface area contributed by atoms with Crippen LogP contribution in [-0.4, -0.2) is 91.1 Å². The molecule has 2 N–H and O–H groups in total. The van der Waals surface area contributed by atoms with E-state index < -0.39 is 36.3 Å². The molecule has 2 aromatic carbocycles. The SMILES string of the molecule is CNc1nc(N2CCN(C)CC2)nc(N2CC(OC(=O)C(F)(F)F)c3cc(C(=O)NCc4ccccc4OC(F)(F)F)ccc32)n1. The van der Waals surface area contributed by atoms with Crippen molar-refractivity contribution in [1.82, 2.24) is 25.2 Å². The summed E-state index contributed by atoms with van der Waals surface area (Å²) in [5.74, 6) is -3.08. The molecular formula is C28H28F6N8O4. The van der Waals surface area contributed by atoms with Crippen LogP contribution in [0.1, 0.15) is 27.6 Å². The summed E-state index contributed by atoms with van der Waals surface area (Å²) in [5.41, 5.74) is 0.327. The predicted molar refractivity (Wildman–Crippen MR) is 152 cm³/mol. The van der Waals surface area contributed by atoms with Crippen molar-refractivity contribution >= 4 is 35.4 Å². The highest BCUT2D eigenvalue weighted by atomic mass is 19.4. The van der Waals surface area contributed by atoms with Crippen LogP contribution in [0, 0.1) is 0 Å². The summed E-state index contributed by atoms with van der Waals surface area (Å²) in [6, 6.07) is 9.27. The van der Waals surface area contributed by atoms with Crippen LogP contribution in [0.4, 0.5) is 49.9 Å². The van der Waals surface area contributed by atoms with Crippen molar-refractivity contribution in [1.29, 1.82) is 0 Å². The molecule has 0 aliphatic carbocycles. The molecule has 1 unspecified atom stereocenters. The van der Waals surface area contributed by atoms with Crippen LogP contribution in [0.2, 0.25) is 0 Å². The number of esters is 1. The first-order chi connectivity index (χ1) is 21.7. The van der Waals surface area contributed by atoms with E-state index in [9.17, 15) is 35.9 Å². The highest BCUT2D eigenvalue weighted by Gasteiger charge is 2.45. The number of para-hydroxylation sites is 1. The second-order valence-electron chi connectivity index (χ2n) is 10.4. The van der Waals surface area contributed by atoms with Gasteiger partial charge < -0.3 is 34.8 Å². The maximum absolute atomic E-state index is 13.2. The standard InChI is InChI=1S/C28H28F6N8O4/c1-35-24-37-25(41-11-9-40(2)10-12-41)39-26(38-24)42-15-21(45-23(44)27(29,30)31)18-13-16(7-8-19(18)42)22(43)36-14-17-5-3-4-6-20(17)46-28(32,33)34/h3-8,13,21H,9-12,14-15H2,1-2H3,(H,36,43)(H,35,37,38,39). The van der Waals surface area contributed by atoms with Gasteiger partial charge in [-0.15, -0.1) is 13.2 Å². The highest BCUT2D eigenvalue weighted by Crippen LogP contribution is 2.42. The number of rotatable bonds is 8. The van der Waals surface area contributed by atoms with Gasteiger partial charge in [0.05, 0.1) is 12.2 Å². The molecule has 1 atom stereocenters. The van der Waals surface area contributed by atoms with Crippen molar-refractivity contribution in [2.75, 3.05) is 61.9 Å². The monoisotopic (exact) mass is 654 g/mol. The maximum atomic E-state index is 13.2. The molecule has 5 rings (SSSR count). The normalized spacial score (nSPS) is 17.0. The van der Waals surface area contributed by atoms with Crippen molar-refractivity contribution in [3.05, 3.63) is 59.2 Å². The molecule has 2 aliphatic heterocycles. The summed E-state index contributed by atoms with van der Waals surface area (Å²) in [6.45, 7) is 2.09. The average Bonchev–Trinajstić information content (AvgIpc) is 3.36. The number of nitrogens with one attached hydrogen (secondary N) is 2. The molecule has 1 aromatic heterocycles. The Morgan fingerprint density at radius 1 is 0.957 bits per heavy atom. The van der Waals surface area contributed by atoms with Gasteiger partial charge >= 0.3 is 18.5 Å². The molecule has 246 valence electrons. The number of anilines is 4. The van der Waals surface area contributed by atoms with E-state index >= 15 is 0 Å². The van der Waals surface area contributed by atoms with Gasteiger partial charge in [0, 0.05) is 56.5 Å². The summed E-state index contributed by atoms with van der Waals surface area (Å²) in [4.78, 5) is 43.8. The molecule has 0 saturated carbocycles. The quantitative estimate of drug-likeness (QED) is 0.272. The number of hydrogen-bond donors (Lipinski definition) is 2. The van der Waals surface area contributed by atoms with E-state index in [0.29, 0.717) is 19.0 Å². The summed E-state index contributed by atoms with van der Waals surface area (Å²) in [6.07, 6.45) is -11.7. The smallest absolute Gasteiger partial charge is 0.449 e. The zero-order valence-corrected chi connectivity index (χ0v) is 24.4. The predicted octanol–water partition coefficient (Wildman–Crippen LogP) is 3.79. The Morgan fingerprint density at radius 3 is 2.33 bits per heavy atom. The minimum absolute atomic E-state index is 0.0313. The second kappa shape index (κ2) is 12.9. The Bertz CT molecular complexity index is 1600. The lowest BCUT2D eigenvalue weighted by Gasteiger charge is -2.32. The minimum atomic E-state index is -5.28. The van der Waals surface area contributed by atoms with E-state index in [1.165, 1.54) is 41.3 Å². The van der Waals surface area contributed by atoms with Crippen molar-refractivity contribution in [3.63, 3.8) is 0 Å². The molecule has 1 fully saturated rings. The first kappa shape index (κ1) is 32.5. The molecule has 0 radical (unpaired) electrons. The zero-order valence-electron chi connectivity index (χ0n) is 24.4. The largest absolute Gasteiger partial charge is 0.573 e. The van der Waals surface area contributed by atoms with Gasteiger partial charge in [0.1, 0.15) is 11.9 Å². The number of aromatic nitrogens is 3. The van der Waals surface area contributed by atoms with Gasteiger partial charge in [-0.2, -0.15) is 28.1 Å². The summed E-state index contributed by atoms with van der Waals surface area (Å²) in [7, 11) is 3.58. The third-order valence-electron chi connectivity index (χ3n) is 7.26. The Balaban J connectivity index is 1.44. The number of alkyl halides is 6. The fourth-order valence-corrected chi connectivity index (χ4v) is 4.93. The number of likely N-dealkylation sites (N-methyl/N-ethyl adjacent to an activating group) is 1. The van der Waals surface area contributed by atoms with Crippen LogP contribution in [0.5, 0.6) is 5.75 Å². The summed E-state index contributed by atoms with van der Waals surface area (Å²) >= 11 is 0. The topological polar surface area (TPSA) is 125 Å². The minimum Gasteiger partial charge on any atom is -0.449 e. The molecule has 3 heterocycles. The number of nitrogens with zero attached hydrogens (tertiary/aromatic N) is 6. The molecule has 0 spiro atoms. The van der Waals surface area contributed by atoms with Crippen LogP contribution < -0.4 is 25.2 Å². The molecule has 18 heteroatoms. The van der Waals surface area contributed by atoms with Crippen LogP contribution >= 0.6 is 0 Å².